The lowest BCUT2D eigenvalue weighted by molar-refractivity contribution is -0.385. The molecule has 0 saturated heterocycles. The molecule has 0 spiro atoms. The number of carbonyl (C=O) groups excluding carboxylic acids is 1. The number of hydrogen-bond donors (Lipinski definition) is 1. The van der Waals surface area contributed by atoms with Crippen LogP contribution in [0, 0.1) is 10.1 Å². The van der Waals surface area contributed by atoms with E-state index in [0.29, 0.717) is 11.4 Å². The van der Waals surface area contributed by atoms with Crippen LogP contribution in [-0.2, 0) is 4.74 Å². The van der Waals surface area contributed by atoms with Crippen LogP contribution in [0.4, 0.5) is 17.3 Å². The van der Waals surface area contributed by atoms with Gasteiger partial charge in [-0.1, -0.05) is 6.07 Å². The fourth-order valence-electron chi connectivity index (χ4n) is 2.14. The van der Waals surface area contributed by atoms with Crippen LogP contribution in [0.1, 0.15) is 10.4 Å². The van der Waals surface area contributed by atoms with Crippen molar-refractivity contribution in [2.24, 2.45) is 0 Å². The average Bonchev–Trinajstić information content (AvgIpc) is 2.68. The summed E-state index contributed by atoms with van der Waals surface area (Å²) in [5.74, 6) is -0.175. The molecule has 1 aromatic carbocycles. The van der Waals surface area contributed by atoms with Crippen molar-refractivity contribution in [3.63, 3.8) is 0 Å². The predicted molar refractivity (Wildman–Crippen MR) is 94.1 cm³/mol. The minimum absolute atomic E-state index is 0.0603. The second kappa shape index (κ2) is 7.87. The number of esters is 1. The number of nitro groups is 1. The van der Waals surface area contributed by atoms with Crippen molar-refractivity contribution in [1.29, 1.82) is 0 Å². The van der Waals surface area contributed by atoms with E-state index >= 15 is 0 Å². The summed E-state index contributed by atoms with van der Waals surface area (Å²) in [6.45, 7) is 0. The SMILES string of the molecule is COC(=O)c1ccc(Oc2ncnc(Nc3ccccn3)c2[N+](=O)[O-])cc1. The van der Waals surface area contributed by atoms with Gasteiger partial charge in [0.1, 0.15) is 17.9 Å². The topological polar surface area (TPSA) is 129 Å². The van der Waals surface area contributed by atoms with E-state index in [0.717, 1.165) is 6.33 Å². The van der Waals surface area contributed by atoms with E-state index in [9.17, 15) is 14.9 Å². The molecule has 0 aliphatic rings. The van der Waals surface area contributed by atoms with Crippen LogP contribution in [0.15, 0.2) is 55.0 Å². The van der Waals surface area contributed by atoms with Crippen molar-refractivity contribution in [3.05, 3.63) is 70.7 Å². The van der Waals surface area contributed by atoms with Crippen molar-refractivity contribution in [2.45, 2.75) is 0 Å². The molecule has 27 heavy (non-hydrogen) atoms. The molecular formula is C17H13N5O5. The van der Waals surface area contributed by atoms with E-state index in [1.54, 1.807) is 18.2 Å². The van der Waals surface area contributed by atoms with Crippen LogP contribution in [-0.4, -0.2) is 33.0 Å². The number of pyridine rings is 1. The second-order valence-corrected chi connectivity index (χ2v) is 5.09. The largest absolute Gasteiger partial charge is 0.465 e. The van der Waals surface area contributed by atoms with Crippen LogP contribution in [0.3, 0.4) is 0 Å². The first-order chi connectivity index (χ1) is 13.1. The van der Waals surface area contributed by atoms with Gasteiger partial charge in [0.05, 0.1) is 17.6 Å². The Morgan fingerprint density at radius 1 is 1.11 bits per heavy atom. The molecule has 2 heterocycles. The highest BCUT2D eigenvalue weighted by molar-refractivity contribution is 5.89. The highest BCUT2D eigenvalue weighted by Gasteiger charge is 2.25. The zero-order chi connectivity index (χ0) is 19.2. The first kappa shape index (κ1) is 17.7. The van der Waals surface area contributed by atoms with E-state index in [2.05, 4.69) is 25.0 Å². The van der Waals surface area contributed by atoms with Crippen LogP contribution < -0.4 is 10.1 Å². The van der Waals surface area contributed by atoms with Crippen molar-refractivity contribution in [2.75, 3.05) is 12.4 Å². The number of ether oxygens (including phenoxy) is 2. The first-order valence-electron chi connectivity index (χ1n) is 7.62. The summed E-state index contributed by atoms with van der Waals surface area (Å²) in [4.78, 5) is 34.1. The van der Waals surface area contributed by atoms with Gasteiger partial charge >= 0.3 is 17.5 Å². The Hall–Kier alpha value is -4.08. The Morgan fingerprint density at radius 2 is 1.89 bits per heavy atom. The number of methoxy groups -OCH3 is 1. The molecule has 1 N–H and O–H groups in total. The van der Waals surface area contributed by atoms with Crippen molar-refractivity contribution < 1.29 is 19.2 Å². The van der Waals surface area contributed by atoms with E-state index in [-0.39, 0.29) is 17.4 Å². The maximum Gasteiger partial charge on any atom is 0.373 e. The van der Waals surface area contributed by atoms with E-state index in [1.165, 1.54) is 37.6 Å². The molecule has 0 atom stereocenters. The summed E-state index contributed by atoms with van der Waals surface area (Å²) < 4.78 is 10.1. The van der Waals surface area contributed by atoms with Crippen molar-refractivity contribution in [1.82, 2.24) is 15.0 Å². The Morgan fingerprint density at radius 3 is 2.52 bits per heavy atom. The fourth-order valence-corrected chi connectivity index (χ4v) is 2.14. The Balaban J connectivity index is 1.90. The highest BCUT2D eigenvalue weighted by Crippen LogP contribution is 2.35. The van der Waals surface area contributed by atoms with Gasteiger partial charge in [0.2, 0.25) is 5.82 Å². The van der Waals surface area contributed by atoms with E-state index in [4.69, 9.17) is 4.74 Å². The number of aromatic nitrogens is 3. The normalized spacial score (nSPS) is 10.1. The molecule has 0 amide bonds. The van der Waals surface area contributed by atoms with Gasteiger partial charge in [-0.25, -0.2) is 14.8 Å². The lowest BCUT2D eigenvalue weighted by Gasteiger charge is -2.09. The van der Waals surface area contributed by atoms with Gasteiger partial charge in [-0.3, -0.25) is 10.1 Å². The maximum atomic E-state index is 11.5. The number of carbonyl (C=O) groups is 1. The molecule has 0 aliphatic heterocycles. The molecule has 10 heteroatoms. The highest BCUT2D eigenvalue weighted by atomic mass is 16.6. The van der Waals surface area contributed by atoms with Gasteiger partial charge in [-0.05, 0) is 36.4 Å². The lowest BCUT2D eigenvalue weighted by atomic mass is 10.2. The molecule has 3 rings (SSSR count). The molecule has 0 bridgehead atoms. The predicted octanol–water partition coefficient (Wildman–Crippen LogP) is 3.10. The Labute approximate surface area is 153 Å². The molecule has 0 fully saturated rings. The summed E-state index contributed by atoms with van der Waals surface area (Å²) >= 11 is 0. The smallest absolute Gasteiger partial charge is 0.373 e. The van der Waals surface area contributed by atoms with Crippen molar-refractivity contribution >= 4 is 23.3 Å². The fraction of sp³-hybridized carbons (Fsp3) is 0.0588. The molecule has 0 aliphatic carbocycles. The van der Waals surface area contributed by atoms with Gasteiger partial charge in [0, 0.05) is 6.20 Å². The first-order valence-corrected chi connectivity index (χ1v) is 7.62. The third kappa shape index (κ3) is 4.12. The molecule has 0 radical (unpaired) electrons. The lowest BCUT2D eigenvalue weighted by Crippen LogP contribution is -2.04. The molecule has 136 valence electrons. The zero-order valence-corrected chi connectivity index (χ0v) is 14.0. The summed E-state index contributed by atoms with van der Waals surface area (Å²) in [7, 11) is 1.27. The average molecular weight is 367 g/mol. The second-order valence-electron chi connectivity index (χ2n) is 5.09. The maximum absolute atomic E-state index is 11.5. The molecular weight excluding hydrogens is 354 g/mol. The monoisotopic (exact) mass is 367 g/mol. The Bertz CT molecular complexity index is 963. The number of nitrogens with zero attached hydrogens (tertiary/aromatic N) is 4. The molecule has 0 saturated carbocycles. The third-order valence-corrected chi connectivity index (χ3v) is 3.37. The van der Waals surface area contributed by atoms with Crippen LogP contribution in [0.25, 0.3) is 0 Å². The molecule has 10 nitrogen and oxygen atoms in total. The van der Waals surface area contributed by atoms with E-state index in [1.807, 2.05) is 0 Å². The molecule has 3 aromatic rings. The minimum atomic E-state index is -0.649. The summed E-state index contributed by atoms with van der Waals surface area (Å²) in [5, 5.41) is 14.3. The third-order valence-electron chi connectivity index (χ3n) is 3.37. The summed E-state index contributed by atoms with van der Waals surface area (Å²) in [6.07, 6.45) is 2.67. The zero-order valence-electron chi connectivity index (χ0n) is 14.0. The number of nitrogens with one attached hydrogen (secondary N) is 1. The van der Waals surface area contributed by atoms with Gasteiger partial charge < -0.3 is 14.8 Å². The number of anilines is 2. The van der Waals surface area contributed by atoms with Crippen LogP contribution in [0.2, 0.25) is 0 Å². The van der Waals surface area contributed by atoms with Gasteiger partial charge in [0.15, 0.2) is 0 Å². The number of hydrogen-bond acceptors (Lipinski definition) is 9. The van der Waals surface area contributed by atoms with Gasteiger partial charge in [-0.15, -0.1) is 0 Å². The van der Waals surface area contributed by atoms with Gasteiger partial charge in [0.25, 0.3) is 0 Å². The van der Waals surface area contributed by atoms with Gasteiger partial charge in [-0.2, -0.15) is 4.98 Å². The number of benzene rings is 1. The quantitative estimate of drug-likeness (QED) is 0.397. The summed E-state index contributed by atoms with van der Waals surface area (Å²) in [5.41, 5.74) is -0.125. The summed E-state index contributed by atoms with van der Waals surface area (Å²) in [6, 6.07) is 11.0. The number of rotatable bonds is 6. The van der Waals surface area contributed by atoms with Crippen LogP contribution in [0.5, 0.6) is 11.6 Å². The molecule has 0 unspecified atom stereocenters. The van der Waals surface area contributed by atoms with Crippen LogP contribution >= 0.6 is 0 Å². The molecule has 2 aromatic heterocycles. The minimum Gasteiger partial charge on any atom is -0.465 e. The van der Waals surface area contributed by atoms with Crippen molar-refractivity contribution in [3.8, 4) is 11.6 Å². The standard InChI is InChI=1S/C17H13N5O5/c1-26-17(23)11-5-7-12(8-6-11)27-16-14(22(24)25)15(19-10-20-16)21-13-4-2-3-9-18-13/h2-10H,1H3,(H,18,19,20,21). The van der Waals surface area contributed by atoms with E-state index < -0.39 is 16.6 Å². The Kier molecular flexibility index (Phi) is 5.17.